The highest BCUT2D eigenvalue weighted by atomic mass is 35.5. The smallest absolute Gasteiger partial charge is 0.330 e. The van der Waals surface area contributed by atoms with Gasteiger partial charge >= 0.3 is 6.03 Å². The molecule has 37 heavy (non-hydrogen) atoms. The summed E-state index contributed by atoms with van der Waals surface area (Å²) in [6.45, 7) is 4.10. The van der Waals surface area contributed by atoms with Crippen LogP contribution in [-0.4, -0.2) is 26.9 Å². The summed E-state index contributed by atoms with van der Waals surface area (Å²) in [6, 6.07) is 12.6. The molecular weight excluding hydrogens is 492 g/mol. The molecule has 11 heteroatoms. The molecule has 4 aromatic rings. The fourth-order valence-electron chi connectivity index (χ4n) is 4.37. The normalized spacial score (nSPS) is 14.9. The average molecular weight is 517 g/mol. The molecule has 4 heterocycles. The predicted octanol–water partition coefficient (Wildman–Crippen LogP) is 3.21. The minimum atomic E-state index is -0.579. The number of nitrogens with two attached hydrogens (primary N) is 1. The number of aromatic nitrogens is 3. The van der Waals surface area contributed by atoms with Crippen molar-refractivity contribution in [3.05, 3.63) is 93.0 Å². The van der Waals surface area contributed by atoms with Gasteiger partial charge in [0.15, 0.2) is 0 Å². The summed E-state index contributed by atoms with van der Waals surface area (Å²) in [4.78, 5) is 38.3. The third kappa shape index (κ3) is 5.45. The Kier molecular flexibility index (Phi) is 6.60. The zero-order valence-electron chi connectivity index (χ0n) is 20.2. The quantitative estimate of drug-likeness (QED) is 0.264. The van der Waals surface area contributed by atoms with Gasteiger partial charge in [-0.1, -0.05) is 17.7 Å². The van der Waals surface area contributed by atoms with Crippen LogP contribution < -0.4 is 27.2 Å². The van der Waals surface area contributed by atoms with Crippen LogP contribution in [0.2, 0.25) is 5.02 Å². The number of aryl methyl sites for hydroxylation is 2. The molecule has 1 unspecified atom stereocenters. The van der Waals surface area contributed by atoms with Crippen LogP contribution in [0.25, 0.3) is 10.9 Å². The third-order valence-corrected chi connectivity index (χ3v) is 6.37. The molecule has 0 aliphatic carbocycles. The van der Waals surface area contributed by atoms with E-state index in [9.17, 15) is 9.59 Å². The number of hydrogen-bond donors (Lipinski definition) is 5. The number of rotatable bonds is 6. The lowest BCUT2D eigenvalue weighted by Crippen LogP contribution is -2.28. The molecule has 1 aromatic carbocycles. The van der Waals surface area contributed by atoms with Gasteiger partial charge in [0.05, 0.1) is 16.2 Å². The molecular formula is C26H25ClN8O2. The largest absolute Gasteiger partial charge is 0.384 e. The number of benzene rings is 1. The van der Waals surface area contributed by atoms with Crippen LogP contribution in [0.1, 0.15) is 50.3 Å². The lowest BCUT2D eigenvalue weighted by Gasteiger charge is -2.15. The van der Waals surface area contributed by atoms with E-state index in [1.54, 1.807) is 24.4 Å². The van der Waals surface area contributed by atoms with Gasteiger partial charge in [0, 0.05) is 41.5 Å². The summed E-state index contributed by atoms with van der Waals surface area (Å²) in [6.07, 6.45) is 1.49. The summed E-state index contributed by atoms with van der Waals surface area (Å²) in [5.74, 6) is 0.173. The van der Waals surface area contributed by atoms with E-state index in [1.807, 2.05) is 38.1 Å². The van der Waals surface area contributed by atoms with Crippen molar-refractivity contribution in [3.63, 3.8) is 0 Å². The summed E-state index contributed by atoms with van der Waals surface area (Å²) in [5, 5.41) is 7.18. The molecule has 1 aliphatic heterocycles. The Morgan fingerprint density at radius 3 is 2.73 bits per heavy atom. The number of halogens is 1. The van der Waals surface area contributed by atoms with Gasteiger partial charge in [0.1, 0.15) is 12.0 Å². The Morgan fingerprint density at radius 2 is 1.97 bits per heavy atom. The lowest BCUT2D eigenvalue weighted by atomic mass is 10.0. The van der Waals surface area contributed by atoms with Crippen LogP contribution >= 0.6 is 11.6 Å². The highest BCUT2D eigenvalue weighted by molar-refractivity contribution is 6.31. The van der Waals surface area contributed by atoms with Crippen molar-refractivity contribution in [2.45, 2.75) is 33.0 Å². The van der Waals surface area contributed by atoms with Gasteiger partial charge in [-0.15, -0.1) is 0 Å². The summed E-state index contributed by atoms with van der Waals surface area (Å²) < 4.78 is 0. The third-order valence-electron chi connectivity index (χ3n) is 6.16. The Hall–Kier alpha value is -4.28. The van der Waals surface area contributed by atoms with E-state index in [0.717, 1.165) is 33.3 Å². The SMILES string of the molecule is Cc1cc(N)nc(C)c1CNC(=O)c1cc(Cc2ccc3ncc(Cl)cc3c2)nc(C2NNC(=O)N2)c1. The Morgan fingerprint density at radius 1 is 1.14 bits per heavy atom. The van der Waals surface area contributed by atoms with Gasteiger partial charge < -0.3 is 16.4 Å². The van der Waals surface area contributed by atoms with Gasteiger partial charge in [-0.3, -0.25) is 20.2 Å². The average Bonchev–Trinajstić information content (AvgIpc) is 3.29. The Bertz CT molecular complexity index is 1520. The maximum absolute atomic E-state index is 13.2. The highest BCUT2D eigenvalue weighted by Gasteiger charge is 2.24. The topological polar surface area (TPSA) is 147 Å². The first kappa shape index (κ1) is 24.4. The van der Waals surface area contributed by atoms with Crippen molar-refractivity contribution >= 4 is 40.3 Å². The Balaban J connectivity index is 1.43. The number of hydrogen-bond acceptors (Lipinski definition) is 7. The number of carbonyl (C=O) groups excluding carboxylic acids is 2. The maximum atomic E-state index is 13.2. The molecule has 1 saturated heterocycles. The number of anilines is 1. The first-order valence-corrected chi connectivity index (χ1v) is 12.0. The van der Waals surface area contributed by atoms with Gasteiger partial charge in [-0.25, -0.2) is 15.2 Å². The van der Waals surface area contributed by atoms with Crippen molar-refractivity contribution in [3.8, 4) is 0 Å². The van der Waals surface area contributed by atoms with E-state index in [0.29, 0.717) is 40.8 Å². The summed E-state index contributed by atoms with van der Waals surface area (Å²) in [7, 11) is 0. The van der Waals surface area contributed by atoms with E-state index in [1.165, 1.54) is 0 Å². The van der Waals surface area contributed by atoms with Gasteiger partial charge in [0.25, 0.3) is 5.91 Å². The molecule has 10 nitrogen and oxygen atoms in total. The first-order valence-electron chi connectivity index (χ1n) is 11.6. The molecule has 0 radical (unpaired) electrons. The number of carbonyl (C=O) groups is 2. The van der Waals surface area contributed by atoms with Crippen molar-refractivity contribution in [1.29, 1.82) is 0 Å². The zero-order chi connectivity index (χ0) is 26.1. The number of nitrogens with one attached hydrogen (secondary N) is 4. The number of amides is 3. The number of fused-ring (bicyclic) bond motifs is 1. The number of urea groups is 1. The minimum absolute atomic E-state index is 0.271. The first-order chi connectivity index (χ1) is 17.7. The maximum Gasteiger partial charge on any atom is 0.330 e. The summed E-state index contributed by atoms with van der Waals surface area (Å²) in [5.41, 5.74) is 17.2. The lowest BCUT2D eigenvalue weighted by molar-refractivity contribution is 0.0950. The van der Waals surface area contributed by atoms with Crippen molar-refractivity contribution in [1.82, 2.24) is 36.4 Å². The molecule has 188 valence electrons. The molecule has 0 saturated carbocycles. The molecule has 1 fully saturated rings. The molecule has 1 aliphatic rings. The molecule has 0 spiro atoms. The van der Waals surface area contributed by atoms with Crippen molar-refractivity contribution < 1.29 is 9.59 Å². The van der Waals surface area contributed by atoms with Crippen LogP contribution in [0.3, 0.4) is 0 Å². The zero-order valence-corrected chi connectivity index (χ0v) is 21.0. The Labute approximate surface area is 218 Å². The van der Waals surface area contributed by atoms with Crippen LogP contribution in [-0.2, 0) is 13.0 Å². The molecule has 6 N–H and O–H groups in total. The van der Waals surface area contributed by atoms with E-state index < -0.39 is 6.17 Å². The fourth-order valence-corrected chi connectivity index (χ4v) is 4.53. The predicted molar refractivity (Wildman–Crippen MR) is 141 cm³/mol. The molecule has 1 atom stereocenters. The number of nitrogens with zero attached hydrogens (tertiary/aromatic N) is 3. The van der Waals surface area contributed by atoms with Crippen molar-refractivity contribution in [2.75, 3.05) is 5.73 Å². The molecule has 5 rings (SSSR count). The number of hydrazine groups is 1. The van der Waals surface area contributed by atoms with E-state index in [4.69, 9.17) is 22.3 Å². The van der Waals surface area contributed by atoms with Crippen molar-refractivity contribution in [2.24, 2.45) is 0 Å². The minimum Gasteiger partial charge on any atom is -0.384 e. The van der Waals surface area contributed by atoms with E-state index in [2.05, 4.69) is 31.5 Å². The second-order valence-electron chi connectivity index (χ2n) is 8.92. The number of pyridine rings is 3. The van der Waals surface area contributed by atoms with Crippen LogP contribution in [0.5, 0.6) is 0 Å². The standard InChI is InChI=1S/C26H25ClN8O2/c1-13-5-23(28)31-14(2)20(13)12-30-25(36)17-9-19(32-22(10-17)24-33-26(37)35-34-24)7-15-3-4-21-16(6-15)8-18(27)11-29-21/h3-6,8-11,24,34H,7,12H2,1-2H3,(H2,28,31)(H,30,36)(H2,33,35,37). The second-order valence-corrected chi connectivity index (χ2v) is 9.35. The molecule has 3 aromatic heterocycles. The van der Waals surface area contributed by atoms with Crippen LogP contribution in [0.15, 0.2) is 48.7 Å². The fraction of sp³-hybridized carbons (Fsp3) is 0.192. The summed E-state index contributed by atoms with van der Waals surface area (Å²) >= 11 is 6.12. The number of nitrogen functional groups attached to an aromatic ring is 1. The van der Waals surface area contributed by atoms with Crippen LogP contribution in [0, 0.1) is 13.8 Å². The van der Waals surface area contributed by atoms with Gasteiger partial charge in [-0.2, -0.15) is 0 Å². The van der Waals surface area contributed by atoms with Crippen LogP contribution in [0.4, 0.5) is 10.6 Å². The van der Waals surface area contributed by atoms with E-state index in [-0.39, 0.29) is 11.9 Å². The van der Waals surface area contributed by atoms with E-state index >= 15 is 0 Å². The molecule has 0 bridgehead atoms. The monoisotopic (exact) mass is 516 g/mol. The van der Waals surface area contributed by atoms with Gasteiger partial charge in [0.2, 0.25) is 0 Å². The molecule has 3 amide bonds. The highest BCUT2D eigenvalue weighted by Crippen LogP contribution is 2.22. The second kappa shape index (κ2) is 10.00. The van der Waals surface area contributed by atoms with Gasteiger partial charge in [-0.05, 0) is 66.9 Å².